The van der Waals surface area contributed by atoms with Crippen molar-refractivity contribution in [3.8, 4) is 0 Å². The first-order chi connectivity index (χ1) is 11.0. The van der Waals surface area contributed by atoms with E-state index in [1.165, 1.54) is 19.1 Å². The van der Waals surface area contributed by atoms with Crippen LogP contribution in [0.15, 0.2) is 35.0 Å². The second-order valence-electron chi connectivity index (χ2n) is 4.66. The fourth-order valence-electron chi connectivity index (χ4n) is 2.13. The highest BCUT2D eigenvalue weighted by molar-refractivity contribution is 6.04. The molecule has 0 bridgehead atoms. The van der Waals surface area contributed by atoms with Crippen molar-refractivity contribution < 1.29 is 19.2 Å². The third kappa shape index (κ3) is 4.23. The molecule has 0 aromatic heterocycles. The summed E-state index contributed by atoms with van der Waals surface area (Å²) in [4.78, 5) is 23.3. The van der Waals surface area contributed by atoms with E-state index in [-0.39, 0.29) is 0 Å². The second-order valence-corrected chi connectivity index (χ2v) is 4.66. The molecule has 0 aliphatic carbocycles. The van der Waals surface area contributed by atoms with Gasteiger partial charge >= 0.3 is 6.09 Å². The fourth-order valence-corrected chi connectivity index (χ4v) is 2.13. The van der Waals surface area contributed by atoms with Gasteiger partial charge in [0.2, 0.25) is 0 Å². The topological polar surface area (TPSA) is 86.4 Å². The Morgan fingerprint density at radius 3 is 2.43 bits per heavy atom. The standard InChI is InChI=1S/C16H23N3O4/c1-6-19(16(20)21-4)14-10-8-7-9-13(14)15(23-17)11(2)12(3)18-22-5/h7-10H,6,17H2,1-5H3/b15-11-,18-12-. The number of ether oxygens (including phenoxy) is 1. The third-order valence-electron chi connectivity index (χ3n) is 3.38. The number of carbonyl (C=O) groups excluding carboxylic acids is 1. The first-order valence-corrected chi connectivity index (χ1v) is 7.12. The fraction of sp³-hybridized carbons (Fsp3) is 0.375. The quantitative estimate of drug-likeness (QED) is 0.494. The van der Waals surface area contributed by atoms with Crippen molar-refractivity contribution in [2.24, 2.45) is 11.1 Å². The molecule has 0 heterocycles. The summed E-state index contributed by atoms with van der Waals surface area (Å²) in [6, 6.07) is 7.26. The van der Waals surface area contributed by atoms with Gasteiger partial charge in [0, 0.05) is 17.7 Å². The summed E-state index contributed by atoms with van der Waals surface area (Å²) in [7, 11) is 2.80. The zero-order valence-corrected chi connectivity index (χ0v) is 14.1. The molecule has 23 heavy (non-hydrogen) atoms. The number of benzene rings is 1. The van der Waals surface area contributed by atoms with Crippen LogP contribution in [0.2, 0.25) is 0 Å². The van der Waals surface area contributed by atoms with E-state index in [9.17, 15) is 4.79 Å². The van der Waals surface area contributed by atoms with E-state index < -0.39 is 6.09 Å². The Hall–Kier alpha value is -2.54. The minimum absolute atomic E-state index is 0.404. The average molecular weight is 321 g/mol. The highest BCUT2D eigenvalue weighted by atomic mass is 16.6. The first kappa shape index (κ1) is 18.5. The molecule has 7 heteroatoms. The van der Waals surface area contributed by atoms with E-state index in [1.54, 1.807) is 13.0 Å². The van der Waals surface area contributed by atoms with E-state index in [4.69, 9.17) is 20.3 Å². The number of hydrogen-bond acceptors (Lipinski definition) is 6. The second kappa shape index (κ2) is 8.79. The zero-order chi connectivity index (χ0) is 17.4. The Labute approximate surface area is 136 Å². The first-order valence-electron chi connectivity index (χ1n) is 7.12. The van der Waals surface area contributed by atoms with Gasteiger partial charge < -0.3 is 14.4 Å². The number of carbonyl (C=O) groups is 1. The van der Waals surface area contributed by atoms with Crippen LogP contribution in [0.25, 0.3) is 5.76 Å². The Morgan fingerprint density at radius 1 is 1.26 bits per heavy atom. The number of nitrogens with two attached hydrogens (primary N) is 1. The van der Waals surface area contributed by atoms with Crippen LogP contribution >= 0.6 is 0 Å². The maximum atomic E-state index is 12.0. The van der Waals surface area contributed by atoms with Crippen molar-refractivity contribution >= 4 is 23.3 Å². The Bertz CT molecular complexity index is 611. The van der Waals surface area contributed by atoms with Crippen molar-refractivity contribution in [1.82, 2.24) is 0 Å². The normalized spacial score (nSPS) is 12.3. The molecule has 0 saturated carbocycles. The number of rotatable bonds is 6. The number of amides is 1. The van der Waals surface area contributed by atoms with E-state index in [1.807, 2.05) is 32.0 Å². The van der Waals surface area contributed by atoms with Crippen LogP contribution in [0.1, 0.15) is 26.3 Å². The van der Waals surface area contributed by atoms with Crippen LogP contribution in [-0.4, -0.2) is 32.6 Å². The molecule has 1 aromatic carbocycles. The molecular formula is C16H23N3O4. The molecule has 0 saturated heterocycles. The van der Waals surface area contributed by atoms with Crippen LogP contribution in [0, 0.1) is 0 Å². The molecule has 0 spiro atoms. The van der Waals surface area contributed by atoms with Crippen LogP contribution < -0.4 is 10.8 Å². The summed E-state index contributed by atoms with van der Waals surface area (Å²) >= 11 is 0. The SMILES string of the molecule is CCN(C(=O)OC)c1ccccc1/C(ON)=C(C)/C(C)=N\OC. The van der Waals surface area contributed by atoms with Crippen LogP contribution in [0.5, 0.6) is 0 Å². The number of hydrogen-bond donors (Lipinski definition) is 1. The lowest BCUT2D eigenvalue weighted by molar-refractivity contribution is 0.179. The van der Waals surface area contributed by atoms with Gasteiger partial charge in [0.25, 0.3) is 0 Å². The third-order valence-corrected chi connectivity index (χ3v) is 3.38. The summed E-state index contributed by atoms with van der Waals surface area (Å²) in [6.45, 7) is 5.88. The van der Waals surface area contributed by atoms with Crippen molar-refractivity contribution in [2.45, 2.75) is 20.8 Å². The highest BCUT2D eigenvalue weighted by Gasteiger charge is 2.21. The van der Waals surface area contributed by atoms with Crippen LogP contribution in [0.3, 0.4) is 0 Å². The maximum absolute atomic E-state index is 12.0. The van der Waals surface area contributed by atoms with E-state index in [2.05, 4.69) is 5.16 Å². The molecule has 2 N–H and O–H groups in total. The number of anilines is 1. The molecule has 1 rings (SSSR count). The van der Waals surface area contributed by atoms with Gasteiger partial charge in [-0.25, -0.2) is 4.79 Å². The smallest absolute Gasteiger partial charge is 0.414 e. The molecule has 7 nitrogen and oxygen atoms in total. The highest BCUT2D eigenvalue weighted by Crippen LogP contribution is 2.30. The van der Waals surface area contributed by atoms with Crippen LogP contribution in [-0.2, 0) is 14.4 Å². The van der Waals surface area contributed by atoms with Gasteiger partial charge in [0.05, 0.1) is 18.5 Å². The number of para-hydroxylation sites is 1. The van der Waals surface area contributed by atoms with Crippen molar-refractivity contribution in [1.29, 1.82) is 0 Å². The van der Waals surface area contributed by atoms with Crippen molar-refractivity contribution in [3.63, 3.8) is 0 Å². The monoisotopic (exact) mass is 321 g/mol. The molecule has 0 atom stereocenters. The van der Waals surface area contributed by atoms with Crippen molar-refractivity contribution in [2.75, 3.05) is 25.7 Å². The van der Waals surface area contributed by atoms with Gasteiger partial charge in [-0.3, -0.25) is 4.90 Å². The predicted octanol–water partition coefficient (Wildman–Crippen LogP) is 2.92. The number of allylic oxidation sites excluding steroid dienone is 1. The minimum atomic E-state index is -0.462. The van der Waals surface area contributed by atoms with E-state index in [0.29, 0.717) is 34.8 Å². The molecular weight excluding hydrogens is 298 g/mol. The lowest BCUT2D eigenvalue weighted by atomic mass is 10.0. The summed E-state index contributed by atoms with van der Waals surface area (Å²) in [5, 5.41) is 3.88. The van der Waals surface area contributed by atoms with Gasteiger partial charge in [-0.1, -0.05) is 17.3 Å². The Kier molecular flexibility index (Phi) is 7.08. The van der Waals surface area contributed by atoms with Gasteiger partial charge in [-0.15, -0.1) is 0 Å². The summed E-state index contributed by atoms with van der Waals surface area (Å²) in [6.07, 6.45) is -0.462. The van der Waals surface area contributed by atoms with Gasteiger partial charge in [-0.05, 0) is 32.9 Å². The molecule has 0 unspecified atom stereocenters. The number of nitrogens with zero attached hydrogens (tertiary/aromatic N) is 2. The van der Waals surface area contributed by atoms with E-state index in [0.717, 1.165) is 0 Å². The number of methoxy groups -OCH3 is 1. The Morgan fingerprint density at radius 2 is 1.91 bits per heavy atom. The maximum Gasteiger partial charge on any atom is 0.414 e. The molecule has 0 aliphatic heterocycles. The summed E-state index contributed by atoms with van der Waals surface area (Å²) in [5.41, 5.74) is 2.60. The lowest BCUT2D eigenvalue weighted by Crippen LogP contribution is -2.31. The lowest BCUT2D eigenvalue weighted by Gasteiger charge is -2.23. The Balaban J connectivity index is 3.50. The minimum Gasteiger partial charge on any atom is -0.452 e. The average Bonchev–Trinajstić information content (AvgIpc) is 2.57. The summed E-state index contributed by atoms with van der Waals surface area (Å²) < 4.78 is 4.83. The van der Waals surface area contributed by atoms with Crippen molar-refractivity contribution in [3.05, 3.63) is 35.4 Å². The summed E-state index contributed by atoms with van der Waals surface area (Å²) in [5.74, 6) is 5.87. The molecule has 0 fully saturated rings. The van der Waals surface area contributed by atoms with Gasteiger partial charge in [0.15, 0.2) is 5.76 Å². The molecule has 1 amide bonds. The largest absolute Gasteiger partial charge is 0.452 e. The van der Waals surface area contributed by atoms with Crippen LogP contribution in [0.4, 0.5) is 10.5 Å². The molecule has 0 aliphatic rings. The predicted molar refractivity (Wildman–Crippen MR) is 89.9 cm³/mol. The van der Waals surface area contributed by atoms with Gasteiger partial charge in [0.1, 0.15) is 7.11 Å². The molecule has 126 valence electrons. The number of oxime groups is 1. The van der Waals surface area contributed by atoms with Gasteiger partial charge in [-0.2, -0.15) is 5.90 Å². The van der Waals surface area contributed by atoms with E-state index >= 15 is 0 Å². The molecule has 1 aromatic rings. The molecule has 0 radical (unpaired) electrons. The zero-order valence-electron chi connectivity index (χ0n) is 14.1.